The van der Waals surface area contributed by atoms with Gasteiger partial charge in [-0.15, -0.1) is 0 Å². The first kappa shape index (κ1) is 18.3. The van der Waals surface area contributed by atoms with E-state index >= 15 is 0 Å². The maximum Gasteiger partial charge on any atom is 0.175 e. The molecule has 4 aromatic rings. The second-order valence-electron chi connectivity index (χ2n) is 6.89. The fourth-order valence-corrected chi connectivity index (χ4v) is 4.03. The molecule has 0 aliphatic rings. The Morgan fingerprint density at radius 3 is 2.32 bits per heavy atom. The molecule has 0 radical (unpaired) electrons. The normalized spacial score (nSPS) is 12.2. The van der Waals surface area contributed by atoms with Crippen LogP contribution in [0.2, 0.25) is 0 Å². The van der Waals surface area contributed by atoms with Gasteiger partial charge in [0.05, 0.1) is 16.8 Å². The summed E-state index contributed by atoms with van der Waals surface area (Å²) in [5.41, 5.74) is 4.20. The molecule has 6 heteroatoms. The standard InChI is InChI=1S/C22H21N3O2S/c1-24-21-7-5-4-6-19(21)20-14-16(8-13-22(20)24)15-23-25(2)17-9-11-18(12-10-17)28(3,26)27/h4-15H,1-3H3/b23-15+. The SMILES string of the molecule is CN(/N=C/c1ccc2c(c1)c1ccccc1n2C)c1ccc(S(C)(=O)=O)cc1. The van der Waals surface area contributed by atoms with Gasteiger partial charge >= 0.3 is 0 Å². The summed E-state index contributed by atoms with van der Waals surface area (Å²) in [6.07, 6.45) is 3.01. The van der Waals surface area contributed by atoms with Crippen molar-refractivity contribution in [2.45, 2.75) is 4.90 Å². The van der Waals surface area contributed by atoms with Crippen molar-refractivity contribution < 1.29 is 8.42 Å². The number of benzene rings is 3. The molecule has 0 spiro atoms. The van der Waals surface area contributed by atoms with Crippen LogP contribution in [0.3, 0.4) is 0 Å². The van der Waals surface area contributed by atoms with Crippen LogP contribution in [0.5, 0.6) is 0 Å². The predicted molar refractivity (Wildman–Crippen MR) is 116 cm³/mol. The topological polar surface area (TPSA) is 54.7 Å². The number of rotatable bonds is 4. The Morgan fingerprint density at radius 1 is 0.929 bits per heavy atom. The number of para-hydroxylation sites is 1. The molecular formula is C22H21N3O2S. The van der Waals surface area contributed by atoms with E-state index in [2.05, 4.69) is 47.0 Å². The van der Waals surface area contributed by atoms with Crippen LogP contribution >= 0.6 is 0 Å². The minimum Gasteiger partial charge on any atom is -0.344 e. The third kappa shape index (κ3) is 3.27. The number of aryl methyl sites for hydroxylation is 1. The van der Waals surface area contributed by atoms with Crippen LogP contribution < -0.4 is 5.01 Å². The van der Waals surface area contributed by atoms with Crippen molar-refractivity contribution in [1.29, 1.82) is 0 Å². The zero-order chi connectivity index (χ0) is 19.9. The molecule has 0 saturated carbocycles. The van der Waals surface area contributed by atoms with Crippen molar-refractivity contribution >= 4 is 43.5 Å². The second-order valence-corrected chi connectivity index (χ2v) is 8.90. The van der Waals surface area contributed by atoms with Gasteiger partial charge in [0.25, 0.3) is 0 Å². The summed E-state index contributed by atoms with van der Waals surface area (Å²) in [4.78, 5) is 0.301. The first-order chi connectivity index (χ1) is 13.3. The van der Waals surface area contributed by atoms with Gasteiger partial charge < -0.3 is 4.57 Å². The van der Waals surface area contributed by atoms with E-state index in [4.69, 9.17) is 0 Å². The van der Waals surface area contributed by atoms with E-state index in [0.717, 1.165) is 11.3 Å². The summed E-state index contributed by atoms with van der Waals surface area (Å²) in [5.74, 6) is 0. The van der Waals surface area contributed by atoms with E-state index < -0.39 is 9.84 Å². The molecular weight excluding hydrogens is 370 g/mol. The van der Waals surface area contributed by atoms with E-state index in [1.165, 1.54) is 28.1 Å². The van der Waals surface area contributed by atoms with Crippen LogP contribution in [0.1, 0.15) is 5.56 Å². The lowest BCUT2D eigenvalue weighted by atomic mass is 10.1. The first-order valence-electron chi connectivity index (χ1n) is 8.89. The lowest BCUT2D eigenvalue weighted by Gasteiger charge is -2.13. The van der Waals surface area contributed by atoms with Crippen molar-refractivity contribution in [3.05, 3.63) is 72.3 Å². The molecule has 4 rings (SSSR count). The largest absolute Gasteiger partial charge is 0.344 e. The van der Waals surface area contributed by atoms with Gasteiger partial charge in [-0.25, -0.2) is 8.42 Å². The molecule has 0 aliphatic carbocycles. The van der Waals surface area contributed by atoms with Crippen molar-refractivity contribution in [1.82, 2.24) is 4.57 Å². The van der Waals surface area contributed by atoms with Gasteiger partial charge in [-0.2, -0.15) is 5.10 Å². The quantitative estimate of drug-likeness (QED) is 0.387. The summed E-state index contributed by atoms with van der Waals surface area (Å²) in [6, 6.07) is 21.3. The summed E-state index contributed by atoms with van der Waals surface area (Å²) in [7, 11) is 0.715. The maximum atomic E-state index is 11.6. The Morgan fingerprint density at radius 2 is 1.61 bits per heavy atom. The lowest BCUT2D eigenvalue weighted by Crippen LogP contribution is -2.09. The van der Waals surface area contributed by atoms with E-state index in [9.17, 15) is 8.42 Å². The summed E-state index contributed by atoms with van der Waals surface area (Å²) in [6.45, 7) is 0. The molecule has 0 aliphatic heterocycles. The van der Waals surface area contributed by atoms with Crippen molar-refractivity contribution in [3.63, 3.8) is 0 Å². The van der Waals surface area contributed by atoms with Crippen LogP contribution in [0.25, 0.3) is 21.8 Å². The highest BCUT2D eigenvalue weighted by Gasteiger charge is 2.09. The van der Waals surface area contributed by atoms with Crippen LogP contribution in [-0.2, 0) is 16.9 Å². The molecule has 0 unspecified atom stereocenters. The van der Waals surface area contributed by atoms with Crippen LogP contribution in [-0.4, -0.2) is 32.5 Å². The molecule has 3 aromatic carbocycles. The van der Waals surface area contributed by atoms with Gasteiger partial charge in [0.2, 0.25) is 0 Å². The average Bonchev–Trinajstić information content (AvgIpc) is 2.98. The summed E-state index contributed by atoms with van der Waals surface area (Å²) in [5, 5.41) is 8.64. The Bertz CT molecular complexity index is 1300. The first-order valence-corrected chi connectivity index (χ1v) is 10.8. The van der Waals surface area contributed by atoms with E-state index in [0.29, 0.717) is 4.90 Å². The monoisotopic (exact) mass is 391 g/mol. The molecule has 0 fully saturated rings. The average molecular weight is 391 g/mol. The minimum atomic E-state index is -3.20. The number of sulfone groups is 1. The third-order valence-corrected chi connectivity index (χ3v) is 6.08. The molecule has 28 heavy (non-hydrogen) atoms. The number of hydrogen-bond acceptors (Lipinski definition) is 4. The van der Waals surface area contributed by atoms with Gasteiger partial charge in [-0.05, 0) is 48.0 Å². The van der Waals surface area contributed by atoms with Gasteiger partial charge in [0.1, 0.15) is 0 Å². The van der Waals surface area contributed by atoms with Crippen LogP contribution in [0, 0.1) is 0 Å². The number of aromatic nitrogens is 1. The van der Waals surface area contributed by atoms with Crippen molar-refractivity contribution in [3.8, 4) is 0 Å². The molecule has 1 heterocycles. The van der Waals surface area contributed by atoms with Gasteiger partial charge in [0.15, 0.2) is 9.84 Å². The molecule has 0 atom stereocenters. The zero-order valence-corrected chi connectivity index (χ0v) is 16.8. The Labute approximate surface area is 164 Å². The summed E-state index contributed by atoms with van der Waals surface area (Å²) < 4.78 is 25.4. The Balaban J connectivity index is 1.64. The molecule has 0 N–H and O–H groups in total. The predicted octanol–water partition coefficient (Wildman–Crippen LogP) is 4.21. The van der Waals surface area contributed by atoms with Crippen molar-refractivity contribution in [2.75, 3.05) is 18.3 Å². The summed E-state index contributed by atoms with van der Waals surface area (Å²) >= 11 is 0. The molecule has 142 valence electrons. The Hall–Kier alpha value is -3.12. The fraction of sp³-hybridized carbons (Fsp3) is 0.136. The maximum absolute atomic E-state index is 11.6. The van der Waals surface area contributed by atoms with E-state index in [-0.39, 0.29) is 0 Å². The van der Waals surface area contributed by atoms with Crippen LogP contribution in [0.15, 0.2) is 76.7 Å². The van der Waals surface area contributed by atoms with Crippen molar-refractivity contribution in [2.24, 2.45) is 12.1 Å². The van der Waals surface area contributed by atoms with Gasteiger partial charge in [0, 0.05) is 42.2 Å². The molecule has 0 saturated heterocycles. The molecule has 1 aromatic heterocycles. The number of hydrazone groups is 1. The molecule has 5 nitrogen and oxygen atoms in total. The van der Waals surface area contributed by atoms with E-state index in [1.54, 1.807) is 29.3 Å². The van der Waals surface area contributed by atoms with Gasteiger partial charge in [-0.3, -0.25) is 5.01 Å². The fourth-order valence-electron chi connectivity index (χ4n) is 3.39. The third-order valence-electron chi connectivity index (χ3n) is 4.96. The Kier molecular flexibility index (Phi) is 4.43. The van der Waals surface area contributed by atoms with Crippen LogP contribution in [0.4, 0.5) is 5.69 Å². The minimum absolute atomic E-state index is 0.301. The van der Waals surface area contributed by atoms with E-state index in [1.807, 2.05) is 25.4 Å². The molecule has 0 bridgehead atoms. The number of hydrogen-bond donors (Lipinski definition) is 0. The smallest absolute Gasteiger partial charge is 0.175 e. The molecule has 0 amide bonds. The highest BCUT2D eigenvalue weighted by Crippen LogP contribution is 2.28. The lowest BCUT2D eigenvalue weighted by molar-refractivity contribution is 0.602. The number of nitrogens with zero attached hydrogens (tertiary/aromatic N) is 3. The number of fused-ring (bicyclic) bond motifs is 3. The number of anilines is 1. The van der Waals surface area contributed by atoms with Gasteiger partial charge in [-0.1, -0.05) is 24.3 Å². The highest BCUT2D eigenvalue weighted by atomic mass is 32.2. The highest BCUT2D eigenvalue weighted by molar-refractivity contribution is 7.90. The second kappa shape index (κ2) is 6.80. The zero-order valence-electron chi connectivity index (χ0n) is 16.0.